The number of carbonyl (C=O) groups excluding carboxylic acids is 1. The first-order valence-electron chi connectivity index (χ1n) is 5.40. The normalized spacial score (nSPS) is 10.5. The maximum absolute atomic E-state index is 13.6. The average Bonchev–Trinajstić information content (AvgIpc) is 2.37. The summed E-state index contributed by atoms with van der Waals surface area (Å²) in [7, 11) is 0. The molecule has 2 aromatic carbocycles. The third kappa shape index (κ3) is 3.27. The van der Waals surface area contributed by atoms with Gasteiger partial charge in [-0.2, -0.15) is 0 Å². The van der Waals surface area contributed by atoms with Crippen LogP contribution in [-0.4, -0.2) is 5.78 Å². The van der Waals surface area contributed by atoms with Crippen LogP contribution in [0.4, 0.5) is 4.39 Å². The molecule has 0 saturated carbocycles. The van der Waals surface area contributed by atoms with Gasteiger partial charge in [-0.05, 0) is 30.3 Å². The van der Waals surface area contributed by atoms with Crippen LogP contribution >= 0.6 is 34.8 Å². The number of Topliss-reactive ketones (excluding diaryl/α,β-unsaturated/α-hetero) is 1. The summed E-state index contributed by atoms with van der Waals surface area (Å²) in [5, 5.41) is 0.890. The molecule has 0 heterocycles. The summed E-state index contributed by atoms with van der Waals surface area (Å²) in [6, 6.07) is 8.84. The summed E-state index contributed by atoms with van der Waals surface area (Å²) in [6.07, 6.45) is -0.161. The number of ketones is 1. The first-order chi connectivity index (χ1) is 8.99. The number of benzene rings is 2. The van der Waals surface area contributed by atoms with Gasteiger partial charge in [0.25, 0.3) is 0 Å². The molecule has 0 fully saturated rings. The molecule has 19 heavy (non-hydrogen) atoms. The Balaban J connectivity index is 2.34. The van der Waals surface area contributed by atoms with Crippen LogP contribution in [0.25, 0.3) is 0 Å². The van der Waals surface area contributed by atoms with Crippen molar-refractivity contribution in [3.63, 3.8) is 0 Å². The van der Waals surface area contributed by atoms with Crippen LogP contribution in [0.15, 0.2) is 36.4 Å². The maximum Gasteiger partial charge on any atom is 0.168 e. The van der Waals surface area contributed by atoms with Gasteiger partial charge < -0.3 is 0 Å². The van der Waals surface area contributed by atoms with Gasteiger partial charge in [0.1, 0.15) is 5.82 Å². The minimum atomic E-state index is -0.515. The number of hydrogen-bond donors (Lipinski definition) is 0. The lowest BCUT2D eigenvalue weighted by Crippen LogP contribution is -2.06. The minimum Gasteiger partial charge on any atom is -0.294 e. The molecule has 2 rings (SSSR count). The van der Waals surface area contributed by atoms with Crippen molar-refractivity contribution in [2.45, 2.75) is 6.42 Å². The van der Waals surface area contributed by atoms with Gasteiger partial charge >= 0.3 is 0 Å². The predicted octanol–water partition coefficient (Wildman–Crippen LogP) is 5.21. The van der Waals surface area contributed by atoms with E-state index in [1.54, 1.807) is 6.07 Å². The van der Waals surface area contributed by atoms with E-state index in [-0.39, 0.29) is 33.4 Å². The van der Waals surface area contributed by atoms with Gasteiger partial charge in [0.2, 0.25) is 0 Å². The molecule has 98 valence electrons. The lowest BCUT2D eigenvalue weighted by Gasteiger charge is -2.07. The van der Waals surface area contributed by atoms with E-state index in [9.17, 15) is 9.18 Å². The Bertz CT molecular complexity index is 620. The largest absolute Gasteiger partial charge is 0.294 e. The molecule has 0 atom stereocenters. The van der Waals surface area contributed by atoms with Gasteiger partial charge in [-0.25, -0.2) is 4.39 Å². The van der Waals surface area contributed by atoms with Crippen LogP contribution in [0.3, 0.4) is 0 Å². The average molecular weight is 318 g/mol. The van der Waals surface area contributed by atoms with Crippen molar-refractivity contribution in [2.75, 3.05) is 0 Å². The monoisotopic (exact) mass is 316 g/mol. The van der Waals surface area contributed by atoms with Crippen molar-refractivity contribution in [1.29, 1.82) is 0 Å². The Morgan fingerprint density at radius 1 is 1.05 bits per heavy atom. The predicted molar refractivity (Wildman–Crippen MR) is 75.9 cm³/mol. The molecule has 0 aliphatic rings. The molecule has 0 N–H and O–H groups in total. The SMILES string of the molecule is O=C(Cc1c(F)cccc1Cl)c1cc(Cl)ccc1Cl. The highest BCUT2D eigenvalue weighted by molar-refractivity contribution is 6.36. The molecule has 0 aliphatic heterocycles. The van der Waals surface area contributed by atoms with E-state index in [4.69, 9.17) is 34.8 Å². The van der Waals surface area contributed by atoms with Crippen molar-refractivity contribution in [3.8, 4) is 0 Å². The Kier molecular flexibility index (Phi) is 4.46. The fraction of sp³-hybridized carbons (Fsp3) is 0.0714. The van der Waals surface area contributed by atoms with E-state index in [1.165, 1.54) is 30.3 Å². The summed E-state index contributed by atoms with van der Waals surface area (Å²) >= 11 is 17.6. The van der Waals surface area contributed by atoms with Crippen LogP contribution in [0.5, 0.6) is 0 Å². The van der Waals surface area contributed by atoms with Crippen molar-refractivity contribution in [3.05, 3.63) is 68.4 Å². The van der Waals surface area contributed by atoms with Crippen LogP contribution < -0.4 is 0 Å². The van der Waals surface area contributed by atoms with Crippen LogP contribution in [0.2, 0.25) is 15.1 Å². The second kappa shape index (κ2) is 5.91. The second-order valence-electron chi connectivity index (χ2n) is 3.92. The standard InChI is InChI=1S/C14H8Cl3FO/c15-8-4-5-12(17)10(6-8)14(19)7-9-11(16)2-1-3-13(9)18/h1-6H,7H2. The van der Waals surface area contributed by atoms with Crippen LogP contribution in [-0.2, 0) is 6.42 Å². The van der Waals surface area contributed by atoms with Crippen LogP contribution in [0, 0.1) is 5.82 Å². The molecule has 0 spiro atoms. The van der Waals surface area contributed by atoms with Gasteiger partial charge in [-0.1, -0.05) is 40.9 Å². The second-order valence-corrected chi connectivity index (χ2v) is 5.18. The number of rotatable bonds is 3. The van der Waals surface area contributed by atoms with E-state index in [1.807, 2.05) is 0 Å². The fourth-order valence-electron chi connectivity index (χ4n) is 1.67. The first-order valence-corrected chi connectivity index (χ1v) is 6.53. The summed E-state index contributed by atoms with van der Waals surface area (Å²) in [4.78, 5) is 12.1. The first kappa shape index (κ1) is 14.3. The number of halogens is 4. The highest BCUT2D eigenvalue weighted by atomic mass is 35.5. The van der Waals surface area contributed by atoms with Gasteiger partial charge in [0, 0.05) is 27.6 Å². The highest BCUT2D eigenvalue weighted by Crippen LogP contribution is 2.25. The van der Waals surface area contributed by atoms with Gasteiger partial charge in [-0.15, -0.1) is 0 Å². The van der Waals surface area contributed by atoms with Crippen LogP contribution in [0.1, 0.15) is 15.9 Å². The maximum atomic E-state index is 13.6. The molecule has 0 amide bonds. The minimum absolute atomic E-state index is 0.158. The zero-order valence-electron chi connectivity index (χ0n) is 9.59. The van der Waals surface area contributed by atoms with E-state index < -0.39 is 5.82 Å². The summed E-state index contributed by atoms with van der Waals surface area (Å²) in [5.74, 6) is -0.849. The molecule has 5 heteroatoms. The van der Waals surface area contributed by atoms with Crippen molar-refractivity contribution in [2.24, 2.45) is 0 Å². The van der Waals surface area contributed by atoms with Crippen molar-refractivity contribution >= 4 is 40.6 Å². The molecular weight excluding hydrogens is 310 g/mol. The smallest absolute Gasteiger partial charge is 0.168 e. The Morgan fingerprint density at radius 2 is 1.79 bits per heavy atom. The molecule has 0 unspecified atom stereocenters. The molecule has 2 aromatic rings. The summed E-state index contributed by atoms with van der Waals surface area (Å²) in [5.41, 5.74) is 0.415. The highest BCUT2D eigenvalue weighted by Gasteiger charge is 2.16. The molecule has 0 aromatic heterocycles. The topological polar surface area (TPSA) is 17.1 Å². The molecular formula is C14H8Cl3FO. The van der Waals surface area contributed by atoms with E-state index in [0.29, 0.717) is 5.02 Å². The molecule has 0 aliphatic carbocycles. The Labute approximate surface area is 124 Å². The summed E-state index contributed by atoms with van der Waals surface area (Å²) in [6.45, 7) is 0. The molecule has 1 nitrogen and oxygen atoms in total. The van der Waals surface area contributed by atoms with E-state index in [2.05, 4.69) is 0 Å². The number of carbonyl (C=O) groups is 1. The van der Waals surface area contributed by atoms with Gasteiger partial charge in [0.05, 0.1) is 5.02 Å². The van der Waals surface area contributed by atoms with E-state index >= 15 is 0 Å². The van der Waals surface area contributed by atoms with E-state index in [0.717, 1.165) is 0 Å². The Hall–Kier alpha value is -1.09. The Morgan fingerprint density at radius 3 is 2.47 bits per heavy atom. The third-order valence-electron chi connectivity index (χ3n) is 2.63. The van der Waals surface area contributed by atoms with Gasteiger partial charge in [-0.3, -0.25) is 4.79 Å². The quantitative estimate of drug-likeness (QED) is 0.710. The third-order valence-corrected chi connectivity index (χ3v) is 3.55. The number of hydrogen-bond acceptors (Lipinski definition) is 1. The molecule has 0 radical (unpaired) electrons. The van der Waals surface area contributed by atoms with Crippen molar-refractivity contribution < 1.29 is 9.18 Å². The fourth-order valence-corrected chi connectivity index (χ4v) is 2.29. The van der Waals surface area contributed by atoms with Gasteiger partial charge in [0.15, 0.2) is 5.78 Å². The zero-order valence-corrected chi connectivity index (χ0v) is 11.9. The molecule has 0 bridgehead atoms. The zero-order chi connectivity index (χ0) is 14.0. The lowest BCUT2D eigenvalue weighted by atomic mass is 10.0. The lowest BCUT2D eigenvalue weighted by molar-refractivity contribution is 0.0992. The summed E-state index contributed by atoms with van der Waals surface area (Å²) < 4.78 is 13.6. The van der Waals surface area contributed by atoms with Crippen molar-refractivity contribution in [1.82, 2.24) is 0 Å². The molecule has 0 saturated heterocycles.